The van der Waals surface area contributed by atoms with Crippen molar-refractivity contribution < 1.29 is 28.2 Å². The highest BCUT2D eigenvalue weighted by Crippen LogP contribution is 2.55. The smallest absolute Gasteiger partial charge is 0.320 e. The van der Waals surface area contributed by atoms with Crippen molar-refractivity contribution in [3.8, 4) is 0 Å². The standard InChI is InChI=1S/C29H37ClO6S2/c1-21(9-7-12-24(27(31)33-2)28(32)34-3)15-16-29(37-17-8-18-38-29)26(25-14-13-23(19-30)36-25)35-20-22-10-5-4-6-11-22/h4-6,9-11,13-14,24,26H,7-8,12,15-20H2,1-3H3/b21-9+. The number of carbonyl (C=O) groups excluding carboxylic acids is 2. The number of thioether (sulfide) groups is 2. The first-order valence-electron chi connectivity index (χ1n) is 12.8. The molecule has 1 atom stereocenters. The first-order valence-corrected chi connectivity index (χ1v) is 15.3. The number of hydrogen-bond acceptors (Lipinski definition) is 8. The van der Waals surface area contributed by atoms with E-state index >= 15 is 0 Å². The third-order valence-electron chi connectivity index (χ3n) is 6.50. The summed E-state index contributed by atoms with van der Waals surface area (Å²) >= 11 is 9.95. The van der Waals surface area contributed by atoms with Crippen LogP contribution in [0.3, 0.4) is 0 Å². The highest BCUT2D eigenvalue weighted by Gasteiger charge is 2.44. The van der Waals surface area contributed by atoms with E-state index in [9.17, 15) is 9.59 Å². The van der Waals surface area contributed by atoms with Crippen LogP contribution < -0.4 is 0 Å². The molecule has 6 nitrogen and oxygen atoms in total. The number of halogens is 1. The number of ether oxygens (including phenoxy) is 3. The third kappa shape index (κ3) is 8.57. The summed E-state index contributed by atoms with van der Waals surface area (Å²) in [6.07, 6.45) is 5.69. The summed E-state index contributed by atoms with van der Waals surface area (Å²) in [5, 5.41) is 0. The van der Waals surface area contributed by atoms with Crippen molar-refractivity contribution in [3.05, 3.63) is 71.2 Å². The molecule has 2 aromatic rings. The second kappa shape index (κ2) is 15.7. The number of benzene rings is 1. The molecule has 1 unspecified atom stereocenters. The lowest BCUT2D eigenvalue weighted by Crippen LogP contribution is -2.34. The molecule has 0 amide bonds. The number of furan rings is 1. The van der Waals surface area contributed by atoms with Gasteiger partial charge in [-0.05, 0) is 68.2 Å². The zero-order chi connectivity index (χ0) is 27.4. The molecule has 38 heavy (non-hydrogen) atoms. The van der Waals surface area contributed by atoms with Crippen molar-refractivity contribution in [2.75, 3.05) is 25.7 Å². The van der Waals surface area contributed by atoms with Gasteiger partial charge in [0.05, 0.1) is 30.8 Å². The molecule has 1 saturated heterocycles. The van der Waals surface area contributed by atoms with Gasteiger partial charge in [0, 0.05) is 0 Å². The van der Waals surface area contributed by atoms with Crippen molar-refractivity contribution in [2.45, 2.75) is 61.7 Å². The number of methoxy groups -OCH3 is 2. The van der Waals surface area contributed by atoms with Crippen LogP contribution in [0.25, 0.3) is 0 Å². The fourth-order valence-corrected chi connectivity index (χ4v) is 7.98. The van der Waals surface area contributed by atoms with Crippen molar-refractivity contribution in [1.29, 1.82) is 0 Å². The predicted molar refractivity (Wildman–Crippen MR) is 154 cm³/mol. The Labute approximate surface area is 239 Å². The molecule has 1 fully saturated rings. The molecule has 1 aromatic heterocycles. The minimum atomic E-state index is -0.907. The number of hydrogen-bond donors (Lipinski definition) is 0. The summed E-state index contributed by atoms with van der Waals surface area (Å²) in [5.41, 5.74) is 2.32. The molecule has 0 spiro atoms. The van der Waals surface area contributed by atoms with Crippen LogP contribution >= 0.6 is 35.1 Å². The van der Waals surface area contributed by atoms with E-state index in [1.807, 2.05) is 53.9 Å². The van der Waals surface area contributed by atoms with Crippen LogP contribution in [0.15, 0.2) is 58.5 Å². The van der Waals surface area contributed by atoms with E-state index < -0.39 is 17.9 Å². The Morgan fingerprint density at radius 3 is 2.37 bits per heavy atom. The Morgan fingerprint density at radius 1 is 1.08 bits per heavy atom. The maximum Gasteiger partial charge on any atom is 0.320 e. The first kappa shape index (κ1) is 30.7. The molecule has 208 valence electrons. The summed E-state index contributed by atoms with van der Waals surface area (Å²) in [6, 6.07) is 14.1. The maximum absolute atomic E-state index is 12.0. The minimum absolute atomic E-state index is 0.218. The minimum Gasteiger partial charge on any atom is -0.468 e. The molecule has 1 aromatic carbocycles. The summed E-state index contributed by atoms with van der Waals surface area (Å²) in [5.74, 6) is 1.94. The van der Waals surface area contributed by atoms with E-state index in [1.54, 1.807) is 0 Å². The molecular formula is C29H37ClO6S2. The van der Waals surface area contributed by atoms with Gasteiger partial charge in [-0.2, -0.15) is 0 Å². The van der Waals surface area contributed by atoms with Crippen molar-refractivity contribution in [3.63, 3.8) is 0 Å². The highest BCUT2D eigenvalue weighted by molar-refractivity contribution is 8.18. The van der Waals surface area contributed by atoms with Gasteiger partial charge in [-0.15, -0.1) is 35.1 Å². The van der Waals surface area contributed by atoms with Gasteiger partial charge >= 0.3 is 11.9 Å². The van der Waals surface area contributed by atoms with Crippen molar-refractivity contribution >= 4 is 47.1 Å². The quantitative estimate of drug-likeness (QED) is 0.0996. The number of esters is 2. The van der Waals surface area contributed by atoms with Gasteiger partial charge in [-0.1, -0.05) is 42.0 Å². The average molecular weight is 581 g/mol. The van der Waals surface area contributed by atoms with E-state index in [0.29, 0.717) is 25.3 Å². The molecule has 0 bridgehead atoms. The summed E-state index contributed by atoms with van der Waals surface area (Å²) < 4.78 is 22.1. The second-order valence-corrected chi connectivity index (χ2v) is 12.6. The highest BCUT2D eigenvalue weighted by atomic mass is 35.5. The zero-order valence-electron chi connectivity index (χ0n) is 22.3. The predicted octanol–water partition coefficient (Wildman–Crippen LogP) is 7.31. The summed E-state index contributed by atoms with van der Waals surface area (Å²) in [4.78, 5) is 24.0. The molecule has 9 heteroatoms. The molecule has 0 saturated carbocycles. The molecule has 0 N–H and O–H groups in total. The molecule has 0 radical (unpaired) electrons. The molecule has 0 aliphatic carbocycles. The molecule has 1 aliphatic heterocycles. The second-order valence-electron chi connectivity index (χ2n) is 9.20. The SMILES string of the molecule is COC(=O)C(CC/C=C(\C)CCC1(C(OCc2ccccc2)c2ccc(CCl)o2)SCCCS1)C(=O)OC. The Kier molecular flexibility index (Phi) is 12.6. The third-order valence-corrected chi connectivity index (χ3v) is 10.3. The van der Waals surface area contributed by atoms with Crippen LogP contribution in [-0.4, -0.2) is 41.7 Å². The van der Waals surface area contributed by atoms with Crippen LogP contribution in [0, 0.1) is 5.92 Å². The van der Waals surface area contributed by atoms with Crippen LogP contribution in [0.5, 0.6) is 0 Å². The van der Waals surface area contributed by atoms with Crippen molar-refractivity contribution in [1.82, 2.24) is 0 Å². The van der Waals surface area contributed by atoms with E-state index in [-0.39, 0.29) is 10.2 Å². The lowest BCUT2D eigenvalue weighted by atomic mass is 10.00. The zero-order valence-corrected chi connectivity index (χ0v) is 24.7. The Hall–Kier alpha value is -1.87. The van der Waals surface area contributed by atoms with E-state index in [2.05, 4.69) is 25.1 Å². The number of carbonyl (C=O) groups is 2. The normalized spacial score (nSPS) is 16.3. The number of rotatable bonds is 14. The largest absolute Gasteiger partial charge is 0.468 e. The van der Waals surface area contributed by atoms with Crippen LogP contribution in [0.2, 0.25) is 0 Å². The van der Waals surface area contributed by atoms with Gasteiger partial charge in [-0.3, -0.25) is 9.59 Å². The first-order chi connectivity index (χ1) is 18.4. The van der Waals surface area contributed by atoms with Gasteiger partial charge in [-0.25, -0.2) is 0 Å². The Balaban J connectivity index is 1.75. The Bertz CT molecular complexity index is 1030. The van der Waals surface area contributed by atoms with Crippen LogP contribution in [0.4, 0.5) is 0 Å². The topological polar surface area (TPSA) is 75.0 Å². The van der Waals surface area contributed by atoms with Gasteiger partial charge in [0.25, 0.3) is 0 Å². The lowest BCUT2D eigenvalue weighted by molar-refractivity contribution is -0.159. The molecule has 1 aliphatic rings. The van der Waals surface area contributed by atoms with Gasteiger partial charge in [0.15, 0.2) is 5.92 Å². The lowest BCUT2D eigenvalue weighted by Gasteiger charge is -2.41. The fraction of sp³-hybridized carbons (Fsp3) is 0.517. The summed E-state index contributed by atoms with van der Waals surface area (Å²) in [6.45, 7) is 2.58. The van der Waals surface area contributed by atoms with Crippen LogP contribution in [-0.2, 0) is 36.3 Å². The number of allylic oxidation sites excluding steroid dienone is 2. The van der Waals surface area contributed by atoms with Gasteiger partial charge in [0.1, 0.15) is 17.6 Å². The maximum atomic E-state index is 12.0. The van der Waals surface area contributed by atoms with E-state index in [1.165, 1.54) is 19.8 Å². The molecule has 2 heterocycles. The van der Waals surface area contributed by atoms with E-state index in [0.717, 1.165) is 47.9 Å². The molecule has 3 rings (SSSR count). The van der Waals surface area contributed by atoms with Gasteiger partial charge in [0.2, 0.25) is 0 Å². The van der Waals surface area contributed by atoms with Crippen LogP contribution in [0.1, 0.15) is 62.2 Å². The van der Waals surface area contributed by atoms with Crippen molar-refractivity contribution in [2.24, 2.45) is 5.92 Å². The Morgan fingerprint density at radius 2 is 1.76 bits per heavy atom. The monoisotopic (exact) mass is 580 g/mol. The average Bonchev–Trinajstić information content (AvgIpc) is 3.43. The summed E-state index contributed by atoms with van der Waals surface area (Å²) in [7, 11) is 2.56. The fourth-order valence-electron chi connectivity index (χ4n) is 4.39. The van der Waals surface area contributed by atoms with Gasteiger partial charge < -0.3 is 18.6 Å². The van der Waals surface area contributed by atoms with E-state index in [4.69, 9.17) is 30.2 Å². The number of alkyl halides is 1. The molecular weight excluding hydrogens is 544 g/mol.